The molecule has 1 N–H and O–H groups in total. The van der Waals surface area contributed by atoms with Crippen molar-refractivity contribution < 1.29 is 4.79 Å². The van der Waals surface area contributed by atoms with Gasteiger partial charge >= 0.3 is 0 Å². The number of nitrogens with zero attached hydrogens (tertiary/aromatic N) is 2. The molecule has 21 heavy (non-hydrogen) atoms. The van der Waals surface area contributed by atoms with E-state index in [1.54, 1.807) is 0 Å². The van der Waals surface area contributed by atoms with E-state index in [-0.39, 0.29) is 5.91 Å². The molecular formula is C17H19N3O. The molecule has 0 bridgehead atoms. The number of benzene rings is 1. The molecule has 0 unspecified atom stereocenters. The molecule has 2 saturated carbocycles. The Morgan fingerprint density at radius 2 is 2.05 bits per heavy atom. The van der Waals surface area contributed by atoms with E-state index >= 15 is 0 Å². The quantitative estimate of drug-likeness (QED) is 0.936. The molecule has 4 heteroatoms. The van der Waals surface area contributed by atoms with Gasteiger partial charge in [-0.15, -0.1) is 0 Å². The zero-order valence-corrected chi connectivity index (χ0v) is 12.2. The fourth-order valence-electron chi connectivity index (χ4n) is 2.63. The lowest BCUT2D eigenvalue weighted by atomic mass is 10.2. The van der Waals surface area contributed by atoms with E-state index in [0.717, 1.165) is 18.5 Å². The van der Waals surface area contributed by atoms with Crippen LogP contribution in [0.1, 0.15) is 53.3 Å². The summed E-state index contributed by atoms with van der Waals surface area (Å²) < 4.78 is 1.95. The summed E-state index contributed by atoms with van der Waals surface area (Å²) in [6.07, 6.45) is 4.59. The Kier molecular flexibility index (Phi) is 2.84. The number of amides is 1. The molecule has 1 heterocycles. The summed E-state index contributed by atoms with van der Waals surface area (Å²) in [6, 6.07) is 10.6. The van der Waals surface area contributed by atoms with Crippen molar-refractivity contribution in [1.82, 2.24) is 15.1 Å². The number of rotatable bonds is 4. The van der Waals surface area contributed by atoms with Gasteiger partial charge in [0.15, 0.2) is 5.69 Å². The monoisotopic (exact) mass is 281 g/mol. The third kappa shape index (κ3) is 2.58. The van der Waals surface area contributed by atoms with Crippen molar-refractivity contribution in [2.45, 2.75) is 44.6 Å². The first-order valence-electron chi connectivity index (χ1n) is 7.68. The Morgan fingerprint density at radius 3 is 2.71 bits per heavy atom. The van der Waals surface area contributed by atoms with Crippen LogP contribution >= 0.6 is 0 Å². The molecule has 1 amide bonds. The van der Waals surface area contributed by atoms with Gasteiger partial charge in [-0.25, -0.2) is 4.68 Å². The zero-order chi connectivity index (χ0) is 14.4. The number of carbonyl (C=O) groups excluding carboxylic acids is 1. The molecule has 0 radical (unpaired) electrons. The molecule has 0 aliphatic heterocycles. The van der Waals surface area contributed by atoms with Crippen molar-refractivity contribution in [3.8, 4) is 5.69 Å². The molecule has 4 rings (SSSR count). The molecule has 1 aromatic carbocycles. The first-order valence-corrected chi connectivity index (χ1v) is 7.68. The molecule has 2 fully saturated rings. The Morgan fingerprint density at radius 1 is 1.24 bits per heavy atom. The smallest absolute Gasteiger partial charge is 0.272 e. The number of aryl methyl sites for hydroxylation is 1. The lowest BCUT2D eigenvalue weighted by Crippen LogP contribution is -2.25. The first kappa shape index (κ1) is 12.6. The number of nitrogens with one attached hydrogen (secondary N) is 1. The van der Waals surface area contributed by atoms with Crippen molar-refractivity contribution in [2.24, 2.45) is 0 Å². The van der Waals surface area contributed by atoms with Gasteiger partial charge in [0.05, 0.1) is 5.69 Å². The fraction of sp³-hybridized carbons (Fsp3) is 0.412. The van der Waals surface area contributed by atoms with Gasteiger partial charge in [0, 0.05) is 17.7 Å². The summed E-state index contributed by atoms with van der Waals surface area (Å²) in [5, 5.41) is 7.59. The summed E-state index contributed by atoms with van der Waals surface area (Å²) in [5.41, 5.74) is 3.96. The van der Waals surface area contributed by atoms with Crippen molar-refractivity contribution in [1.29, 1.82) is 0 Å². The highest BCUT2D eigenvalue weighted by Gasteiger charge is 2.31. The van der Waals surface area contributed by atoms with Crippen LogP contribution < -0.4 is 5.32 Å². The maximum atomic E-state index is 12.2. The normalized spacial score (nSPS) is 17.8. The highest BCUT2D eigenvalue weighted by molar-refractivity contribution is 5.92. The summed E-state index contributed by atoms with van der Waals surface area (Å²) in [7, 11) is 0. The van der Waals surface area contributed by atoms with Gasteiger partial charge in [-0.05, 0) is 56.4 Å². The van der Waals surface area contributed by atoms with Crippen LogP contribution in [-0.4, -0.2) is 21.7 Å². The second-order valence-electron chi connectivity index (χ2n) is 6.23. The third-order valence-corrected chi connectivity index (χ3v) is 4.12. The lowest BCUT2D eigenvalue weighted by Gasteiger charge is -2.07. The minimum atomic E-state index is -0.0363. The molecule has 1 aromatic heterocycles. The van der Waals surface area contributed by atoms with Crippen LogP contribution in [0.2, 0.25) is 0 Å². The van der Waals surface area contributed by atoms with Crippen LogP contribution in [0.15, 0.2) is 30.3 Å². The van der Waals surface area contributed by atoms with Crippen molar-refractivity contribution in [3.05, 3.63) is 47.3 Å². The predicted molar refractivity (Wildman–Crippen MR) is 80.8 cm³/mol. The summed E-state index contributed by atoms with van der Waals surface area (Å²) in [5.74, 6) is 0.520. The van der Waals surface area contributed by atoms with Gasteiger partial charge < -0.3 is 5.32 Å². The minimum absolute atomic E-state index is 0.0363. The van der Waals surface area contributed by atoms with Crippen LogP contribution in [0.25, 0.3) is 5.69 Å². The SMILES string of the molecule is Cc1cccc(-n2nc(C(=O)NC3CC3)cc2C2CC2)c1. The van der Waals surface area contributed by atoms with Crippen molar-refractivity contribution in [2.75, 3.05) is 0 Å². The van der Waals surface area contributed by atoms with Gasteiger partial charge in [0.2, 0.25) is 0 Å². The maximum absolute atomic E-state index is 12.2. The molecule has 108 valence electrons. The van der Waals surface area contributed by atoms with E-state index in [9.17, 15) is 4.79 Å². The van der Waals surface area contributed by atoms with Crippen LogP contribution in [0.5, 0.6) is 0 Å². The average molecular weight is 281 g/mol. The molecular weight excluding hydrogens is 262 g/mol. The summed E-state index contributed by atoms with van der Waals surface area (Å²) in [6.45, 7) is 2.07. The molecule has 0 saturated heterocycles. The van der Waals surface area contributed by atoms with E-state index in [0.29, 0.717) is 17.7 Å². The molecule has 4 nitrogen and oxygen atoms in total. The fourth-order valence-corrected chi connectivity index (χ4v) is 2.63. The van der Waals surface area contributed by atoms with Crippen LogP contribution in [0.4, 0.5) is 0 Å². The molecule has 2 aliphatic rings. The second-order valence-corrected chi connectivity index (χ2v) is 6.23. The van der Waals surface area contributed by atoms with Gasteiger partial charge in [0.25, 0.3) is 5.91 Å². The van der Waals surface area contributed by atoms with Crippen molar-refractivity contribution >= 4 is 5.91 Å². The highest BCUT2D eigenvalue weighted by atomic mass is 16.2. The third-order valence-electron chi connectivity index (χ3n) is 4.12. The van der Waals surface area contributed by atoms with Crippen LogP contribution in [0.3, 0.4) is 0 Å². The van der Waals surface area contributed by atoms with E-state index < -0.39 is 0 Å². The maximum Gasteiger partial charge on any atom is 0.272 e. The van der Waals surface area contributed by atoms with E-state index in [1.165, 1.54) is 24.1 Å². The van der Waals surface area contributed by atoms with Gasteiger partial charge in [-0.1, -0.05) is 12.1 Å². The second kappa shape index (κ2) is 4.72. The zero-order valence-electron chi connectivity index (χ0n) is 12.2. The topological polar surface area (TPSA) is 46.9 Å². The standard InChI is InChI=1S/C17H19N3O/c1-11-3-2-4-14(9-11)20-16(12-5-6-12)10-15(19-20)17(21)18-13-7-8-13/h2-4,9-10,12-13H,5-8H2,1H3,(H,18,21). The number of hydrogen-bond acceptors (Lipinski definition) is 2. The Balaban J connectivity index is 1.71. The average Bonchev–Trinajstić information content (AvgIpc) is 3.39. The van der Waals surface area contributed by atoms with Gasteiger partial charge in [-0.2, -0.15) is 5.10 Å². The molecule has 2 aromatic rings. The number of carbonyl (C=O) groups is 1. The van der Waals surface area contributed by atoms with Crippen molar-refractivity contribution in [3.63, 3.8) is 0 Å². The van der Waals surface area contributed by atoms with Crippen LogP contribution in [0, 0.1) is 6.92 Å². The lowest BCUT2D eigenvalue weighted by molar-refractivity contribution is 0.0945. The highest BCUT2D eigenvalue weighted by Crippen LogP contribution is 2.41. The molecule has 0 spiro atoms. The Labute approximate surface area is 124 Å². The molecule has 0 atom stereocenters. The Bertz CT molecular complexity index is 696. The summed E-state index contributed by atoms with van der Waals surface area (Å²) >= 11 is 0. The predicted octanol–water partition coefficient (Wildman–Crippen LogP) is 2.95. The van der Waals surface area contributed by atoms with Gasteiger partial charge in [-0.3, -0.25) is 4.79 Å². The molecule has 2 aliphatic carbocycles. The number of hydrogen-bond donors (Lipinski definition) is 1. The van der Waals surface area contributed by atoms with Crippen LogP contribution in [-0.2, 0) is 0 Å². The minimum Gasteiger partial charge on any atom is -0.348 e. The van der Waals surface area contributed by atoms with E-state index in [4.69, 9.17) is 0 Å². The number of aromatic nitrogens is 2. The Hall–Kier alpha value is -2.10. The van der Waals surface area contributed by atoms with E-state index in [2.05, 4.69) is 35.5 Å². The first-order chi connectivity index (χ1) is 10.2. The van der Waals surface area contributed by atoms with E-state index in [1.807, 2.05) is 16.8 Å². The summed E-state index contributed by atoms with van der Waals surface area (Å²) in [4.78, 5) is 12.2. The largest absolute Gasteiger partial charge is 0.348 e. The van der Waals surface area contributed by atoms with Gasteiger partial charge in [0.1, 0.15) is 0 Å².